The first-order valence-corrected chi connectivity index (χ1v) is 11.4. The van der Waals surface area contributed by atoms with Crippen LogP contribution in [0.3, 0.4) is 0 Å². The number of rotatable bonds is 6. The van der Waals surface area contributed by atoms with E-state index < -0.39 is 0 Å². The fourth-order valence-electron chi connectivity index (χ4n) is 4.32. The summed E-state index contributed by atoms with van der Waals surface area (Å²) in [4.78, 5) is 10.2. The lowest BCUT2D eigenvalue weighted by atomic mass is 9.99. The second-order valence-electron chi connectivity index (χ2n) is 7.78. The summed E-state index contributed by atoms with van der Waals surface area (Å²) >= 11 is 1.98. The number of ether oxygens (including phenoxy) is 1. The fraction of sp³-hybridized carbons (Fsp3) is 0.947. The van der Waals surface area contributed by atoms with Crippen molar-refractivity contribution in [3.8, 4) is 0 Å². The van der Waals surface area contributed by atoms with Crippen LogP contribution < -0.4 is 5.32 Å². The molecule has 3 fully saturated rings. The van der Waals surface area contributed by atoms with Crippen molar-refractivity contribution < 1.29 is 4.74 Å². The van der Waals surface area contributed by atoms with Gasteiger partial charge in [0.15, 0.2) is 5.96 Å². The first kappa shape index (κ1) is 19.3. The molecule has 0 amide bonds. The summed E-state index contributed by atoms with van der Waals surface area (Å²) in [5.74, 6) is 1.94. The number of hydrogen-bond acceptors (Lipinski definition) is 4. The molecule has 1 N–H and O–H groups in total. The van der Waals surface area contributed by atoms with Crippen LogP contribution in [0.4, 0.5) is 0 Å². The van der Waals surface area contributed by atoms with Crippen LogP contribution in [0.15, 0.2) is 4.99 Å². The lowest BCUT2D eigenvalue weighted by Gasteiger charge is -2.34. The van der Waals surface area contributed by atoms with E-state index >= 15 is 0 Å². The average Bonchev–Trinajstić information content (AvgIpc) is 3.32. The zero-order chi connectivity index (χ0) is 17.5. The number of guanidine groups is 1. The Morgan fingerprint density at radius 1 is 1.24 bits per heavy atom. The maximum absolute atomic E-state index is 5.57. The smallest absolute Gasteiger partial charge is 0.193 e. The molecule has 5 nitrogen and oxygen atoms in total. The Balaban J connectivity index is 1.56. The van der Waals surface area contributed by atoms with E-state index in [0.29, 0.717) is 0 Å². The maximum Gasteiger partial charge on any atom is 0.193 e. The van der Waals surface area contributed by atoms with E-state index in [9.17, 15) is 0 Å². The molecule has 0 spiro atoms. The van der Waals surface area contributed by atoms with Gasteiger partial charge in [0.1, 0.15) is 0 Å². The van der Waals surface area contributed by atoms with Gasteiger partial charge in [0.05, 0.1) is 6.54 Å². The molecule has 0 aromatic carbocycles. The summed E-state index contributed by atoms with van der Waals surface area (Å²) in [7, 11) is 0. The van der Waals surface area contributed by atoms with Gasteiger partial charge < -0.3 is 19.9 Å². The fourth-order valence-corrected chi connectivity index (χ4v) is 5.09. The zero-order valence-electron chi connectivity index (χ0n) is 16.1. The standard InChI is InChI=1S/C19H36N4OS/c1-3-20-18(21-16-19(25-2)7-12-24-13-8-19)23-11-6-17(15-23)14-22-9-4-5-10-22/h17H,3-16H2,1-2H3,(H,20,21). The quantitative estimate of drug-likeness (QED) is 0.575. The van der Waals surface area contributed by atoms with Gasteiger partial charge in [-0.05, 0) is 64.3 Å². The third-order valence-electron chi connectivity index (χ3n) is 5.99. The van der Waals surface area contributed by atoms with Crippen molar-refractivity contribution in [1.82, 2.24) is 15.1 Å². The van der Waals surface area contributed by atoms with Crippen LogP contribution in [0.1, 0.15) is 39.0 Å². The minimum absolute atomic E-state index is 0.271. The van der Waals surface area contributed by atoms with Gasteiger partial charge in [-0.1, -0.05) is 0 Å². The lowest BCUT2D eigenvalue weighted by Crippen LogP contribution is -2.43. The number of aliphatic imine (C=N–C) groups is 1. The Morgan fingerprint density at radius 3 is 2.68 bits per heavy atom. The molecule has 1 unspecified atom stereocenters. The van der Waals surface area contributed by atoms with Crippen LogP contribution in [-0.2, 0) is 4.74 Å². The highest BCUT2D eigenvalue weighted by molar-refractivity contribution is 8.00. The van der Waals surface area contributed by atoms with Crippen molar-refractivity contribution in [3.05, 3.63) is 0 Å². The van der Waals surface area contributed by atoms with E-state index in [1.54, 1.807) is 0 Å². The van der Waals surface area contributed by atoms with Gasteiger partial charge in [-0.15, -0.1) is 0 Å². The van der Waals surface area contributed by atoms with E-state index in [1.165, 1.54) is 38.9 Å². The van der Waals surface area contributed by atoms with Crippen molar-refractivity contribution in [1.29, 1.82) is 0 Å². The van der Waals surface area contributed by atoms with Crippen LogP contribution >= 0.6 is 11.8 Å². The van der Waals surface area contributed by atoms with E-state index in [0.717, 1.165) is 64.1 Å². The van der Waals surface area contributed by atoms with Crippen LogP contribution in [0.25, 0.3) is 0 Å². The van der Waals surface area contributed by atoms with Crippen molar-refractivity contribution in [2.75, 3.05) is 65.3 Å². The Bertz CT molecular complexity index is 433. The molecular formula is C19H36N4OS. The summed E-state index contributed by atoms with van der Waals surface area (Å²) < 4.78 is 5.84. The summed E-state index contributed by atoms with van der Waals surface area (Å²) in [6.45, 7) is 12.0. The summed E-state index contributed by atoms with van der Waals surface area (Å²) in [5, 5.41) is 3.54. The highest BCUT2D eigenvalue weighted by Gasteiger charge is 2.33. The molecule has 3 aliphatic heterocycles. The van der Waals surface area contributed by atoms with Crippen molar-refractivity contribution >= 4 is 17.7 Å². The van der Waals surface area contributed by atoms with Gasteiger partial charge in [0, 0.05) is 44.1 Å². The zero-order valence-corrected chi connectivity index (χ0v) is 17.0. The lowest BCUT2D eigenvalue weighted by molar-refractivity contribution is 0.0793. The topological polar surface area (TPSA) is 40.1 Å². The van der Waals surface area contributed by atoms with E-state index in [2.05, 4.69) is 28.3 Å². The minimum Gasteiger partial charge on any atom is -0.381 e. The molecule has 144 valence electrons. The van der Waals surface area contributed by atoms with E-state index in [-0.39, 0.29) is 4.75 Å². The third kappa shape index (κ3) is 5.27. The predicted octanol–water partition coefficient (Wildman–Crippen LogP) is 2.28. The second kappa shape index (κ2) is 9.47. The summed E-state index contributed by atoms with van der Waals surface area (Å²) in [6, 6.07) is 0. The molecule has 3 rings (SSSR count). The normalized spacial score (nSPS) is 27.8. The number of nitrogens with zero attached hydrogens (tertiary/aromatic N) is 3. The second-order valence-corrected chi connectivity index (χ2v) is 9.05. The Hall–Kier alpha value is -0.460. The third-order valence-corrected chi connectivity index (χ3v) is 7.39. The first-order valence-electron chi connectivity index (χ1n) is 10.1. The molecule has 6 heteroatoms. The Morgan fingerprint density at radius 2 is 2.00 bits per heavy atom. The number of likely N-dealkylation sites (tertiary alicyclic amines) is 2. The van der Waals surface area contributed by atoms with Gasteiger partial charge >= 0.3 is 0 Å². The monoisotopic (exact) mass is 368 g/mol. The Kier molecular flexibility index (Phi) is 7.31. The molecule has 3 aliphatic rings. The molecule has 25 heavy (non-hydrogen) atoms. The molecule has 0 radical (unpaired) electrons. The average molecular weight is 369 g/mol. The molecule has 3 heterocycles. The summed E-state index contributed by atoms with van der Waals surface area (Å²) in [6.07, 6.45) is 8.56. The van der Waals surface area contributed by atoms with Crippen LogP contribution in [0.5, 0.6) is 0 Å². The summed E-state index contributed by atoms with van der Waals surface area (Å²) in [5.41, 5.74) is 0. The van der Waals surface area contributed by atoms with E-state index in [1.807, 2.05) is 11.8 Å². The molecule has 3 saturated heterocycles. The first-order chi connectivity index (χ1) is 12.2. The maximum atomic E-state index is 5.57. The molecule has 0 aliphatic carbocycles. The number of hydrogen-bond donors (Lipinski definition) is 1. The van der Waals surface area contributed by atoms with Crippen LogP contribution in [-0.4, -0.2) is 85.8 Å². The van der Waals surface area contributed by atoms with Crippen molar-refractivity contribution in [2.45, 2.75) is 43.8 Å². The Labute approximate surface area is 157 Å². The van der Waals surface area contributed by atoms with Crippen molar-refractivity contribution in [2.24, 2.45) is 10.9 Å². The van der Waals surface area contributed by atoms with Gasteiger partial charge in [0.25, 0.3) is 0 Å². The van der Waals surface area contributed by atoms with Crippen molar-refractivity contribution in [3.63, 3.8) is 0 Å². The highest BCUT2D eigenvalue weighted by atomic mass is 32.2. The largest absolute Gasteiger partial charge is 0.381 e. The molecule has 0 bridgehead atoms. The van der Waals surface area contributed by atoms with Crippen LogP contribution in [0, 0.1) is 5.92 Å². The van der Waals surface area contributed by atoms with Crippen LogP contribution in [0.2, 0.25) is 0 Å². The number of thioether (sulfide) groups is 1. The number of nitrogens with one attached hydrogen (secondary N) is 1. The molecule has 1 atom stereocenters. The minimum atomic E-state index is 0.271. The van der Waals surface area contributed by atoms with E-state index in [4.69, 9.17) is 9.73 Å². The highest BCUT2D eigenvalue weighted by Crippen LogP contribution is 2.34. The molecular weight excluding hydrogens is 332 g/mol. The molecule has 0 aromatic heterocycles. The van der Waals surface area contributed by atoms with Gasteiger partial charge in [-0.25, -0.2) is 0 Å². The molecule has 0 saturated carbocycles. The van der Waals surface area contributed by atoms with Gasteiger partial charge in [-0.3, -0.25) is 4.99 Å². The van der Waals surface area contributed by atoms with Gasteiger partial charge in [-0.2, -0.15) is 11.8 Å². The van der Waals surface area contributed by atoms with Gasteiger partial charge in [0.2, 0.25) is 0 Å². The predicted molar refractivity (Wildman–Crippen MR) is 108 cm³/mol. The molecule has 0 aromatic rings. The SMILES string of the molecule is CCNC(=NCC1(SC)CCOCC1)N1CCC(CN2CCCC2)C1.